The molecule has 1 heterocycles. The summed E-state index contributed by atoms with van der Waals surface area (Å²) in [6.07, 6.45) is 1.56. The fourth-order valence-electron chi connectivity index (χ4n) is 5.28. The van der Waals surface area contributed by atoms with Gasteiger partial charge in [0, 0.05) is 36.4 Å². The van der Waals surface area contributed by atoms with Crippen molar-refractivity contribution in [1.82, 2.24) is 10.2 Å². The molecule has 1 saturated heterocycles. The number of ether oxygens (including phenoxy) is 1. The number of hydrogen-bond acceptors (Lipinski definition) is 5. The van der Waals surface area contributed by atoms with Crippen molar-refractivity contribution in [3.05, 3.63) is 59.7 Å². The maximum atomic E-state index is 13.1. The lowest BCUT2D eigenvalue weighted by molar-refractivity contribution is -0.140. The molecule has 35 heavy (non-hydrogen) atoms. The summed E-state index contributed by atoms with van der Waals surface area (Å²) in [5.41, 5.74) is 4.66. The lowest BCUT2D eigenvalue weighted by Crippen LogP contribution is -2.49. The van der Waals surface area contributed by atoms with Gasteiger partial charge in [-0.2, -0.15) is 11.8 Å². The summed E-state index contributed by atoms with van der Waals surface area (Å²) in [6, 6.07) is 15.8. The first-order valence-electron chi connectivity index (χ1n) is 12.2. The molecule has 2 amide bonds. The first-order chi connectivity index (χ1) is 17.0. The Hall–Kier alpha value is -3.00. The second-order valence-corrected chi connectivity index (χ2v) is 10.7. The Labute approximate surface area is 209 Å². The van der Waals surface area contributed by atoms with Crippen molar-refractivity contribution in [2.75, 3.05) is 24.7 Å². The standard InChI is InChI=1S/C27H30N2O5S/c30-25(29-11-12-35-16-18(29)13-26(31)32)14-24(17-9-10-17)28-27(33)34-15-23-21-7-3-1-5-19(21)20-6-2-4-8-22(20)23/h1-8,17-18,23-24H,9-16H2,(H,28,33)(H,31,32). The molecule has 2 aromatic carbocycles. The fraction of sp³-hybridized carbons (Fsp3) is 0.444. The van der Waals surface area contributed by atoms with Crippen molar-refractivity contribution in [3.63, 3.8) is 0 Å². The Balaban J connectivity index is 1.20. The van der Waals surface area contributed by atoms with E-state index < -0.39 is 12.1 Å². The third-order valence-corrected chi connectivity index (χ3v) is 8.28. The Morgan fingerprint density at radius 1 is 1.06 bits per heavy atom. The van der Waals surface area contributed by atoms with Gasteiger partial charge in [0.1, 0.15) is 6.61 Å². The number of alkyl carbamates (subject to hydrolysis) is 1. The minimum atomic E-state index is -0.897. The molecule has 2 aliphatic carbocycles. The van der Waals surface area contributed by atoms with Crippen molar-refractivity contribution >= 4 is 29.7 Å². The van der Waals surface area contributed by atoms with Crippen molar-refractivity contribution in [2.24, 2.45) is 5.92 Å². The second-order valence-electron chi connectivity index (χ2n) is 9.53. The number of carbonyl (C=O) groups is 3. The van der Waals surface area contributed by atoms with Crippen LogP contribution in [-0.2, 0) is 14.3 Å². The molecule has 0 aromatic heterocycles. The molecular weight excluding hydrogens is 464 g/mol. The van der Waals surface area contributed by atoms with E-state index in [-0.39, 0.29) is 49.3 Å². The number of amides is 2. The highest BCUT2D eigenvalue weighted by Crippen LogP contribution is 2.44. The summed E-state index contributed by atoms with van der Waals surface area (Å²) in [5, 5.41) is 12.2. The van der Waals surface area contributed by atoms with Crippen LogP contribution in [0, 0.1) is 5.92 Å². The minimum absolute atomic E-state index is 0.0169. The highest BCUT2D eigenvalue weighted by Gasteiger charge is 2.37. The van der Waals surface area contributed by atoms with E-state index in [0.717, 1.165) is 29.7 Å². The van der Waals surface area contributed by atoms with Gasteiger partial charge in [0.15, 0.2) is 0 Å². The molecule has 2 fully saturated rings. The van der Waals surface area contributed by atoms with Crippen LogP contribution in [0.3, 0.4) is 0 Å². The smallest absolute Gasteiger partial charge is 0.407 e. The topological polar surface area (TPSA) is 95.9 Å². The third-order valence-electron chi connectivity index (χ3n) is 7.19. The van der Waals surface area contributed by atoms with E-state index in [4.69, 9.17) is 4.74 Å². The number of nitrogens with one attached hydrogen (secondary N) is 1. The van der Waals surface area contributed by atoms with Gasteiger partial charge in [0.2, 0.25) is 5.91 Å². The Kier molecular flexibility index (Phi) is 7.00. The first-order valence-corrected chi connectivity index (χ1v) is 13.4. The molecule has 2 N–H and O–H groups in total. The van der Waals surface area contributed by atoms with E-state index in [2.05, 4.69) is 29.6 Å². The lowest BCUT2D eigenvalue weighted by Gasteiger charge is -2.35. The SMILES string of the molecule is O=C(O)CC1CSCCN1C(=O)CC(NC(=O)OCC1c2ccccc2-c2ccccc21)C1CC1. The van der Waals surface area contributed by atoms with Crippen LogP contribution in [0.25, 0.3) is 11.1 Å². The molecule has 0 spiro atoms. The second kappa shape index (κ2) is 10.3. The summed E-state index contributed by atoms with van der Waals surface area (Å²) in [4.78, 5) is 38.8. The average molecular weight is 495 g/mol. The minimum Gasteiger partial charge on any atom is -0.481 e. The molecule has 2 unspecified atom stereocenters. The predicted octanol–water partition coefficient (Wildman–Crippen LogP) is 4.11. The number of carbonyl (C=O) groups excluding carboxylic acids is 2. The van der Waals surface area contributed by atoms with E-state index >= 15 is 0 Å². The van der Waals surface area contributed by atoms with Crippen molar-refractivity contribution in [2.45, 2.75) is 43.7 Å². The van der Waals surface area contributed by atoms with Gasteiger partial charge >= 0.3 is 12.1 Å². The number of carboxylic acid groups (broad SMARTS) is 1. The van der Waals surface area contributed by atoms with Crippen LogP contribution >= 0.6 is 11.8 Å². The molecule has 0 bridgehead atoms. The molecule has 7 nitrogen and oxygen atoms in total. The number of hydrogen-bond donors (Lipinski definition) is 2. The average Bonchev–Trinajstić information content (AvgIpc) is 3.65. The molecule has 3 aliphatic rings. The lowest BCUT2D eigenvalue weighted by atomic mass is 9.98. The van der Waals surface area contributed by atoms with Gasteiger partial charge in [0.05, 0.1) is 12.5 Å². The molecule has 1 aliphatic heterocycles. The van der Waals surface area contributed by atoms with Gasteiger partial charge in [-0.1, -0.05) is 48.5 Å². The van der Waals surface area contributed by atoms with Crippen molar-refractivity contribution in [3.8, 4) is 11.1 Å². The van der Waals surface area contributed by atoms with Crippen LogP contribution in [0.2, 0.25) is 0 Å². The monoisotopic (exact) mass is 494 g/mol. The number of nitrogens with zero attached hydrogens (tertiary/aromatic N) is 1. The Morgan fingerprint density at radius 3 is 2.34 bits per heavy atom. The molecule has 5 rings (SSSR count). The van der Waals surface area contributed by atoms with E-state index in [1.54, 1.807) is 16.7 Å². The molecule has 2 aromatic rings. The Morgan fingerprint density at radius 2 is 1.71 bits per heavy atom. The predicted molar refractivity (Wildman–Crippen MR) is 134 cm³/mol. The Bertz CT molecular complexity index is 1070. The zero-order valence-electron chi connectivity index (χ0n) is 19.5. The van der Waals surface area contributed by atoms with E-state index in [1.165, 1.54) is 11.1 Å². The number of benzene rings is 2. The van der Waals surface area contributed by atoms with Crippen LogP contribution < -0.4 is 5.32 Å². The van der Waals surface area contributed by atoms with Gasteiger partial charge in [0.25, 0.3) is 0 Å². The summed E-state index contributed by atoms with van der Waals surface area (Å²) in [6.45, 7) is 0.777. The summed E-state index contributed by atoms with van der Waals surface area (Å²) < 4.78 is 5.69. The fourth-order valence-corrected chi connectivity index (χ4v) is 6.35. The number of aliphatic carboxylic acids is 1. The van der Waals surface area contributed by atoms with Gasteiger partial charge in [-0.3, -0.25) is 9.59 Å². The number of rotatable bonds is 8. The van der Waals surface area contributed by atoms with E-state index in [0.29, 0.717) is 12.3 Å². The zero-order chi connectivity index (χ0) is 24.4. The molecule has 0 radical (unpaired) electrons. The first kappa shape index (κ1) is 23.7. The van der Waals surface area contributed by atoms with Crippen LogP contribution in [0.15, 0.2) is 48.5 Å². The third kappa shape index (κ3) is 5.32. The highest BCUT2D eigenvalue weighted by molar-refractivity contribution is 7.99. The van der Waals surface area contributed by atoms with Gasteiger partial charge < -0.3 is 20.1 Å². The summed E-state index contributed by atoms with van der Waals surface area (Å²) in [5.74, 6) is 0.688. The van der Waals surface area contributed by atoms with Gasteiger partial charge in [-0.05, 0) is 41.0 Å². The van der Waals surface area contributed by atoms with E-state index in [9.17, 15) is 19.5 Å². The maximum Gasteiger partial charge on any atom is 0.407 e. The van der Waals surface area contributed by atoms with Crippen molar-refractivity contribution in [1.29, 1.82) is 0 Å². The van der Waals surface area contributed by atoms with Crippen LogP contribution in [-0.4, -0.2) is 64.7 Å². The van der Waals surface area contributed by atoms with Gasteiger partial charge in [-0.15, -0.1) is 0 Å². The highest BCUT2D eigenvalue weighted by atomic mass is 32.2. The maximum absolute atomic E-state index is 13.1. The molecule has 2 atom stereocenters. The number of thioether (sulfide) groups is 1. The van der Waals surface area contributed by atoms with Crippen molar-refractivity contribution < 1.29 is 24.2 Å². The largest absolute Gasteiger partial charge is 0.481 e. The van der Waals surface area contributed by atoms with Crippen LogP contribution in [0.4, 0.5) is 4.79 Å². The molecule has 184 valence electrons. The number of fused-ring (bicyclic) bond motifs is 3. The molecular formula is C27H30N2O5S. The van der Waals surface area contributed by atoms with Gasteiger partial charge in [-0.25, -0.2) is 4.79 Å². The zero-order valence-corrected chi connectivity index (χ0v) is 20.3. The van der Waals surface area contributed by atoms with E-state index in [1.807, 2.05) is 24.3 Å². The van der Waals surface area contributed by atoms with Crippen LogP contribution in [0.1, 0.15) is 42.7 Å². The van der Waals surface area contributed by atoms with Crippen LogP contribution in [0.5, 0.6) is 0 Å². The number of carboxylic acids is 1. The normalized spacial score (nSPS) is 20.0. The summed E-state index contributed by atoms with van der Waals surface area (Å²) >= 11 is 1.68. The molecule has 1 saturated carbocycles. The molecule has 8 heteroatoms. The quantitative estimate of drug-likeness (QED) is 0.573. The summed E-state index contributed by atoms with van der Waals surface area (Å²) in [7, 11) is 0.